The maximum absolute atomic E-state index is 11.2. The van der Waals surface area contributed by atoms with E-state index in [1.54, 1.807) is 25.1 Å². The Morgan fingerprint density at radius 3 is 2.29 bits per heavy atom. The number of carbonyl (C=O) groups is 1. The Labute approximate surface area is 92.1 Å². The number of benzene rings is 1. The Morgan fingerprint density at radius 1 is 1.36 bits per heavy atom. The average molecular weight is 231 g/mol. The van der Waals surface area contributed by atoms with Gasteiger partial charge in [0.15, 0.2) is 5.75 Å². The Kier molecular flexibility index (Phi) is 3.55. The fourth-order valence-electron chi connectivity index (χ4n) is 0.760. The smallest absolute Gasteiger partial charge is 0.338 e. The van der Waals surface area contributed by atoms with E-state index in [0.717, 1.165) is 0 Å². The van der Waals surface area contributed by atoms with E-state index in [1.807, 2.05) is 0 Å². The molecule has 14 heavy (non-hydrogen) atoms. The van der Waals surface area contributed by atoms with Gasteiger partial charge in [0.1, 0.15) is 0 Å². The Hall–Kier alpha value is -0.990. The first-order valence-electron chi connectivity index (χ1n) is 3.84. The predicted octanol–water partition coefficient (Wildman–Crippen LogP) is 3.47. The highest BCUT2D eigenvalue weighted by molar-refractivity contribution is 6.37. The fourth-order valence-corrected chi connectivity index (χ4v) is 1.23. The van der Waals surface area contributed by atoms with Crippen LogP contribution in [0.15, 0.2) is 30.4 Å². The zero-order chi connectivity index (χ0) is 10.7. The number of esters is 1. The molecule has 2 nitrogen and oxygen atoms in total. The lowest BCUT2D eigenvalue weighted by molar-refractivity contribution is -0.130. The highest BCUT2D eigenvalue weighted by atomic mass is 35.5. The fraction of sp³-hybridized carbons (Fsp3) is 0.100. The van der Waals surface area contributed by atoms with Gasteiger partial charge < -0.3 is 4.74 Å². The van der Waals surface area contributed by atoms with Crippen LogP contribution in [0, 0.1) is 0 Å². The third-order valence-electron chi connectivity index (χ3n) is 1.46. The van der Waals surface area contributed by atoms with E-state index in [9.17, 15) is 4.79 Å². The van der Waals surface area contributed by atoms with E-state index in [4.69, 9.17) is 27.9 Å². The second kappa shape index (κ2) is 4.49. The van der Waals surface area contributed by atoms with Crippen molar-refractivity contribution in [2.45, 2.75) is 6.92 Å². The standard InChI is InChI=1S/C10H8Cl2O2/c1-6(2)10(13)14-9-7(11)4-3-5-8(9)12/h3-5H,1H2,2H3. The van der Waals surface area contributed by atoms with Gasteiger partial charge in [0.25, 0.3) is 0 Å². The van der Waals surface area contributed by atoms with Gasteiger partial charge >= 0.3 is 5.97 Å². The maximum atomic E-state index is 11.2. The van der Waals surface area contributed by atoms with Crippen LogP contribution in [-0.2, 0) is 4.79 Å². The van der Waals surface area contributed by atoms with Crippen molar-refractivity contribution in [3.8, 4) is 5.75 Å². The molecule has 1 rings (SSSR count). The minimum absolute atomic E-state index is 0.170. The Bertz CT molecular complexity index is 365. The van der Waals surface area contributed by atoms with Crippen molar-refractivity contribution >= 4 is 29.2 Å². The molecular weight excluding hydrogens is 223 g/mol. The molecule has 0 aliphatic carbocycles. The summed E-state index contributed by atoms with van der Waals surface area (Å²) >= 11 is 11.6. The maximum Gasteiger partial charge on any atom is 0.338 e. The van der Waals surface area contributed by atoms with Crippen molar-refractivity contribution in [3.05, 3.63) is 40.4 Å². The molecule has 0 amide bonds. The van der Waals surface area contributed by atoms with Gasteiger partial charge in [-0.3, -0.25) is 0 Å². The van der Waals surface area contributed by atoms with Crippen LogP contribution in [0.25, 0.3) is 0 Å². The van der Waals surface area contributed by atoms with E-state index in [1.165, 1.54) is 0 Å². The Balaban J connectivity index is 2.97. The second-order valence-electron chi connectivity index (χ2n) is 2.72. The van der Waals surface area contributed by atoms with Crippen molar-refractivity contribution in [1.29, 1.82) is 0 Å². The lowest BCUT2D eigenvalue weighted by Crippen LogP contribution is -2.08. The molecule has 0 bridgehead atoms. The van der Waals surface area contributed by atoms with Crippen LogP contribution in [0.1, 0.15) is 6.92 Å². The molecule has 0 aromatic heterocycles. The van der Waals surface area contributed by atoms with Gasteiger partial charge in [0, 0.05) is 5.57 Å². The van der Waals surface area contributed by atoms with Gasteiger partial charge in [-0.05, 0) is 19.1 Å². The topological polar surface area (TPSA) is 26.3 Å². The zero-order valence-electron chi connectivity index (χ0n) is 7.51. The van der Waals surface area contributed by atoms with E-state index >= 15 is 0 Å². The summed E-state index contributed by atoms with van der Waals surface area (Å²) in [6.45, 7) is 5.00. The molecule has 0 N–H and O–H groups in total. The molecule has 0 fully saturated rings. The first kappa shape index (κ1) is 11.1. The summed E-state index contributed by atoms with van der Waals surface area (Å²) in [5.74, 6) is -0.371. The molecule has 0 radical (unpaired) electrons. The summed E-state index contributed by atoms with van der Waals surface area (Å²) in [4.78, 5) is 11.2. The number of para-hydroxylation sites is 1. The number of ether oxygens (including phenoxy) is 1. The number of halogens is 2. The summed E-state index contributed by atoms with van der Waals surface area (Å²) in [6.07, 6.45) is 0. The van der Waals surface area contributed by atoms with Gasteiger partial charge in [0.2, 0.25) is 0 Å². The van der Waals surface area contributed by atoms with Crippen molar-refractivity contribution in [2.24, 2.45) is 0 Å². The molecule has 0 saturated heterocycles. The molecule has 0 heterocycles. The van der Waals surface area contributed by atoms with E-state index in [-0.39, 0.29) is 5.75 Å². The van der Waals surface area contributed by atoms with Crippen LogP contribution in [0.4, 0.5) is 0 Å². The van der Waals surface area contributed by atoms with Crippen molar-refractivity contribution in [1.82, 2.24) is 0 Å². The minimum atomic E-state index is -0.542. The van der Waals surface area contributed by atoms with Crippen LogP contribution in [-0.4, -0.2) is 5.97 Å². The van der Waals surface area contributed by atoms with Crippen LogP contribution >= 0.6 is 23.2 Å². The van der Waals surface area contributed by atoms with Crippen LogP contribution in [0.3, 0.4) is 0 Å². The molecular formula is C10H8Cl2O2. The summed E-state index contributed by atoms with van der Waals surface area (Å²) in [5.41, 5.74) is 0.293. The lowest BCUT2D eigenvalue weighted by atomic mass is 10.3. The normalized spacial score (nSPS) is 9.64. The van der Waals surface area contributed by atoms with Crippen LogP contribution in [0.5, 0.6) is 5.75 Å². The largest absolute Gasteiger partial charge is 0.420 e. The molecule has 1 aromatic rings. The SMILES string of the molecule is C=C(C)C(=O)Oc1c(Cl)cccc1Cl. The third kappa shape index (κ3) is 2.50. The van der Waals surface area contributed by atoms with Gasteiger partial charge in [-0.1, -0.05) is 35.8 Å². The highest BCUT2D eigenvalue weighted by Crippen LogP contribution is 2.32. The third-order valence-corrected chi connectivity index (χ3v) is 2.06. The number of carbonyl (C=O) groups excluding carboxylic acids is 1. The molecule has 0 atom stereocenters. The highest BCUT2D eigenvalue weighted by Gasteiger charge is 2.11. The summed E-state index contributed by atoms with van der Waals surface area (Å²) in [5, 5.41) is 0.596. The number of rotatable bonds is 2. The van der Waals surface area contributed by atoms with Crippen molar-refractivity contribution in [3.63, 3.8) is 0 Å². The van der Waals surface area contributed by atoms with Gasteiger partial charge in [0.05, 0.1) is 10.0 Å². The van der Waals surface area contributed by atoms with Gasteiger partial charge in [-0.2, -0.15) is 0 Å². The van der Waals surface area contributed by atoms with Crippen LogP contribution < -0.4 is 4.74 Å². The molecule has 0 spiro atoms. The quantitative estimate of drug-likeness (QED) is 0.442. The lowest BCUT2D eigenvalue weighted by Gasteiger charge is -2.06. The predicted molar refractivity (Wildman–Crippen MR) is 56.9 cm³/mol. The molecule has 4 heteroatoms. The second-order valence-corrected chi connectivity index (χ2v) is 3.54. The first-order valence-corrected chi connectivity index (χ1v) is 4.59. The first-order chi connectivity index (χ1) is 6.52. The summed E-state index contributed by atoms with van der Waals surface area (Å²) in [6, 6.07) is 4.85. The zero-order valence-corrected chi connectivity index (χ0v) is 9.02. The molecule has 0 aliphatic rings. The minimum Gasteiger partial charge on any atom is -0.420 e. The molecule has 0 unspecified atom stereocenters. The molecule has 0 aliphatic heterocycles. The Morgan fingerprint density at radius 2 is 1.86 bits per heavy atom. The van der Waals surface area contributed by atoms with Gasteiger partial charge in [-0.25, -0.2) is 4.79 Å². The van der Waals surface area contributed by atoms with Crippen molar-refractivity contribution < 1.29 is 9.53 Å². The van der Waals surface area contributed by atoms with Crippen molar-refractivity contribution in [2.75, 3.05) is 0 Å². The molecule has 74 valence electrons. The van der Waals surface area contributed by atoms with Crippen LogP contribution in [0.2, 0.25) is 10.0 Å². The summed E-state index contributed by atoms with van der Waals surface area (Å²) in [7, 11) is 0. The summed E-state index contributed by atoms with van der Waals surface area (Å²) < 4.78 is 4.94. The number of hydrogen-bond acceptors (Lipinski definition) is 2. The number of hydrogen-bond donors (Lipinski definition) is 0. The van der Waals surface area contributed by atoms with Gasteiger partial charge in [-0.15, -0.1) is 0 Å². The van der Waals surface area contributed by atoms with E-state index in [0.29, 0.717) is 15.6 Å². The molecule has 1 aromatic carbocycles. The molecule has 0 saturated carbocycles. The van der Waals surface area contributed by atoms with E-state index < -0.39 is 5.97 Å². The average Bonchev–Trinajstić information content (AvgIpc) is 2.11. The van der Waals surface area contributed by atoms with E-state index in [2.05, 4.69) is 6.58 Å². The monoisotopic (exact) mass is 230 g/mol.